The van der Waals surface area contributed by atoms with E-state index < -0.39 is 65.4 Å². The number of phenolic OH excluding ortho intramolecular Hbond substituents is 1. The van der Waals surface area contributed by atoms with Crippen LogP contribution in [0.15, 0.2) is 54.6 Å². The summed E-state index contributed by atoms with van der Waals surface area (Å²) in [6.07, 6.45) is -0.227. The standard InChI is InChI=1S/C48H59N11O8/c1-25-39(26(2)54-42(53-25)30-9-12-32(13-10-30)48(5,6)7)45(64)57-35(15-16-49)47(66)59(8)40-31-11-14-38(67-20-18-51)33(24-31)34-21-29(22-36(41(34)61)56-28(4)60)23-37(44(63)52-19-17-50)58-43(62)27(3)55-46(40)65/h9-14,21-22,24,27,35,37,40,61H,15-16,18-20,23,49,51H2,1-8H3,(H,52,63)(H,55,65)(H,56,60)(H,57,64)(H,58,62)/t27-,35?,37-,40-/m0/s1. The highest BCUT2D eigenvalue weighted by atomic mass is 16.5. The van der Waals surface area contributed by atoms with Gasteiger partial charge in [-0.2, -0.15) is 5.26 Å². The fraction of sp³-hybridized carbons (Fsp3) is 0.396. The summed E-state index contributed by atoms with van der Waals surface area (Å²) in [4.78, 5) is 93.3. The highest BCUT2D eigenvalue weighted by molar-refractivity contribution is 6.01. The van der Waals surface area contributed by atoms with E-state index in [9.17, 15) is 39.1 Å². The molecule has 4 atom stereocenters. The molecule has 5 rings (SSSR count). The van der Waals surface area contributed by atoms with Gasteiger partial charge in [0, 0.05) is 43.6 Å². The predicted molar refractivity (Wildman–Crippen MR) is 250 cm³/mol. The summed E-state index contributed by atoms with van der Waals surface area (Å²) in [5.74, 6) is -4.00. The number of ether oxygens (including phenoxy) is 1. The normalized spacial score (nSPS) is 16.5. The van der Waals surface area contributed by atoms with Gasteiger partial charge in [0.2, 0.25) is 29.5 Å². The molecular formula is C48H59N11O8. The zero-order valence-electron chi connectivity index (χ0n) is 39.0. The van der Waals surface area contributed by atoms with Crippen molar-refractivity contribution in [3.63, 3.8) is 0 Å². The summed E-state index contributed by atoms with van der Waals surface area (Å²) >= 11 is 0. The Balaban J connectivity index is 1.59. The Morgan fingerprint density at radius 3 is 2.24 bits per heavy atom. The summed E-state index contributed by atoms with van der Waals surface area (Å²) < 4.78 is 6.01. The second-order valence-corrected chi connectivity index (χ2v) is 17.4. The maximum Gasteiger partial charge on any atom is 0.255 e. The highest BCUT2D eigenvalue weighted by Crippen LogP contribution is 2.43. The van der Waals surface area contributed by atoms with Gasteiger partial charge < -0.3 is 52.8 Å². The average molecular weight is 918 g/mol. The van der Waals surface area contributed by atoms with Crippen LogP contribution in [0.5, 0.6) is 11.5 Å². The number of nitrogens with zero attached hydrogens (tertiary/aromatic N) is 4. The number of hydrogen-bond acceptors (Lipinski definition) is 13. The molecule has 0 spiro atoms. The fourth-order valence-electron chi connectivity index (χ4n) is 7.75. The molecule has 1 aliphatic rings. The van der Waals surface area contributed by atoms with Crippen molar-refractivity contribution < 1.29 is 38.6 Å². The third kappa shape index (κ3) is 12.1. The largest absolute Gasteiger partial charge is 0.505 e. The minimum absolute atomic E-state index is 0.0378. The second kappa shape index (κ2) is 21.7. The molecule has 4 bridgehead atoms. The number of likely N-dealkylation sites (N-methyl/N-ethyl adjacent to an activating group) is 1. The molecule has 354 valence electrons. The van der Waals surface area contributed by atoms with Crippen LogP contribution in [0.3, 0.4) is 0 Å². The zero-order valence-corrected chi connectivity index (χ0v) is 39.0. The summed E-state index contributed by atoms with van der Waals surface area (Å²) in [6, 6.07) is 11.9. The minimum Gasteiger partial charge on any atom is -0.505 e. The van der Waals surface area contributed by atoms with Crippen LogP contribution in [-0.4, -0.2) is 107 Å². The van der Waals surface area contributed by atoms with E-state index in [2.05, 4.69) is 57.3 Å². The van der Waals surface area contributed by atoms with Crippen molar-refractivity contribution in [3.05, 3.63) is 88.2 Å². The van der Waals surface area contributed by atoms with E-state index in [4.69, 9.17) is 16.2 Å². The maximum absolute atomic E-state index is 14.7. The van der Waals surface area contributed by atoms with Crippen molar-refractivity contribution in [1.29, 1.82) is 5.26 Å². The molecule has 19 heteroatoms. The number of nitriles is 1. The molecule has 19 nitrogen and oxygen atoms in total. The molecule has 0 fully saturated rings. The Morgan fingerprint density at radius 2 is 1.64 bits per heavy atom. The molecule has 4 aromatic rings. The zero-order chi connectivity index (χ0) is 49.3. The van der Waals surface area contributed by atoms with E-state index in [0.717, 1.165) is 16.0 Å². The van der Waals surface area contributed by atoms with Crippen molar-refractivity contribution in [2.45, 2.75) is 90.9 Å². The fourth-order valence-corrected chi connectivity index (χ4v) is 7.75. The lowest BCUT2D eigenvalue weighted by atomic mass is 9.86. The quantitative estimate of drug-likeness (QED) is 0.0708. The number of nitrogens with two attached hydrogens (primary N) is 2. The average Bonchev–Trinajstić information content (AvgIpc) is 3.27. The van der Waals surface area contributed by atoms with Gasteiger partial charge in [-0.05, 0) is 80.1 Å². The Kier molecular flexibility index (Phi) is 16.4. The molecule has 6 amide bonds. The number of fused-ring (bicyclic) bond motifs is 5. The molecule has 10 N–H and O–H groups in total. The molecule has 2 heterocycles. The first-order chi connectivity index (χ1) is 31.7. The molecule has 1 aromatic heterocycles. The van der Waals surface area contributed by atoms with Crippen LogP contribution in [0.2, 0.25) is 0 Å². The van der Waals surface area contributed by atoms with Gasteiger partial charge in [-0.15, -0.1) is 0 Å². The Bertz CT molecular complexity index is 2560. The van der Waals surface area contributed by atoms with Crippen molar-refractivity contribution in [1.82, 2.24) is 36.1 Å². The number of carbonyl (C=O) groups is 6. The van der Waals surface area contributed by atoms with Gasteiger partial charge in [0.15, 0.2) is 5.82 Å². The molecule has 1 aliphatic heterocycles. The van der Waals surface area contributed by atoms with Crippen molar-refractivity contribution in [3.8, 4) is 40.1 Å². The minimum atomic E-state index is -1.50. The molecule has 3 aromatic carbocycles. The topological polar surface area (TPSA) is 297 Å². The van der Waals surface area contributed by atoms with E-state index in [1.807, 2.05) is 30.3 Å². The van der Waals surface area contributed by atoms with Crippen LogP contribution in [-0.2, 0) is 35.8 Å². The molecule has 0 saturated carbocycles. The Hall–Kier alpha value is -7.43. The molecule has 1 unspecified atom stereocenters. The van der Waals surface area contributed by atoms with Gasteiger partial charge in [-0.3, -0.25) is 28.8 Å². The number of aromatic nitrogens is 2. The lowest BCUT2D eigenvalue weighted by molar-refractivity contribution is -0.141. The lowest BCUT2D eigenvalue weighted by Crippen LogP contribution is -2.56. The number of anilines is 1. The third-order valence-corrected chi connectivity index (χ3v) is 11.2. The smallest absolute Gasteiger partial charge is 0.255 e. The van der Waals surface area contributed by atoms with E-state index >= 15 is 0 Å². The van der Waals surface area contributed by atoms with E-state index in [-0.39, 0.29) is 78.2 Å². The van der Waals surface area contributed by atoms with Gasteiger partial charge in [0.25, 0.3) is 5.91 Å². The van der Waals surface area contributed by atoms with Crippen LogP contribution in [0.1, 0.15) is 85.5 Å². The first-order valence-electron chi connectivity index (χ1n) is 21.8. The van der Waals surface area contributed by atoms with Crippen molar-refractivity contribution >= 4 is 41.1 Å². The Labute approximate surface area is 389 Å². The van der Waals surface area contributed by atoms with Gasteiger partial charge in [0.05, 0.1) is 28.7 Å². The number of benzene rings is 3. The molecule has 0 saturated heterocycles. The van der Waals surface area contributed by atoms with Gasteiger partial charge >= 0.3 is 0 Å². The van der Waals surface area contributed by atoms with Gasteiger partial charge in [-0.25, -0.2) is 9.97 Å². The monoisotopic (exact) mass is 917 g/mol. The number of nitrogens with one attached hydrogen (secondary N) is 5. The van der Waals surface area contributed by atoms with E-state index in [1.165, 1.54) is 51.2 Å². The summed E-state index contributed by atoms with van der Waals surface area (Å²) in [5.41, 5.74) is 15.4. The molecule has 0 radical (unpaired) electrons. The number of aryl methyl sites for hydroxylation is 2. The summed E-state index contributed by atoms with van der Waals surface area (Å²) in [5, 5.41) is 34.0. The molecular weight excluding hydrogens is 859 g/mol. The van der Waals surface area contributed by atoms with Crippen LogP contribution in [0.4, 0.5) is 5.69 Å². The highest BCUT2D eigenvalue weighted by Gasteiger charge is 2.37. The van der Waals surface area contributed by atoms with Crippen LogP contribution >= 0.6 is 0 Å². The number of amides is 6. The number of phenols is 1. The lowest BCUT2D eigenvalue weighted by Gasteiger charge is -2.32. The number of hydrogen-bond donors (Lipinski definition) is 8. The number of carbonyl (C=O) groups excluding carboxylic acids is 6. The SMILES string of the molecule is CC(=O)Nc1cc2cc(c1O)-c1cc(ccc1OCCN)[C@H](N(C)C(=O)C(CCN)NC(=O)c1c(C)nc(-c3ccc(C(C)(C)C)cc3)nc1C)C(=O)N[C@@H](C)C(=O)N[C@H](C(=O)NCC#N)C2. The van der Waals surface area contributed by atoms with E-state index in [1.54, 1.807) is 13.8 Å². The number of aromatic hydroxyl groups is 1. The first kappa shape index (κ1) is 50.6. The summed E-state index contributed by atoms with van der Waals surface area (Å²) in [6.45, 7) is 12.1. The second-order valence-electron chi connectivity index (χ2n) is 17.4. The Morgan fingerprint density at radius 1 is 0.970 bits per heavy atom. The summed E-state index contributed by atoms with van der Waals surface area (Å²) in [7, 11) is 1.36. The third-order valence-electron chi connectivity index (χ3n) is 11.2. The number of rotatable bonds is 13. The van der Waals surface area contributed by atoms with Crippen LogP contribution < -0.4 is 42.8 Å². The van der Waals surface area contributed by atoms with Crippen LogP contribution in [0, 0.1) is 25.2 Å². The van der Waals surface area contributed by atoms with Gasteiger partial charge in [-0.1, -0.05) is 51.1 Å². The molecule has 67 heavy (non-hydrogen) atoms. The van der Waals surface area contributed by atoms with Crippen LogP contribution in [0.25, 0.3) is 22.5 Å². The van der Waals surface area contributed by atoms with E-state index in [0.29, 0.717) is 22.8 Å². The van der Waals surface area contributed by atoms with Crippen molar-refractivity contribution in [2.75, 3.05) is 38.6 Å². The molecule has 0 aliphatic carbocycles. The van der Waals surface area contributed by atoms with Gasteiger partial charge in [0.1, 0.15) is 48.8 Å². The first-order valence-corrected chi connectivity index (χ1v) is 21.8. The van der Waals surface area contributed by atoms with Crippen molar-refractivity contribution in [2.24, 2.45) is 11.5 Å². The predicted octanol–water partition coefficient (Wildman–Crippen LogP) is 2.56. The maximum atomic E-state index is 14.7.